The maximum Gasteiger partial charge on any atom is 0.338 e. The van der Waals surface area contributed by atoms with Gasteiger partial charge in [0, 0.05) is 17.1 Å². The van der Waals surface area contributed by atoms with Crippen LogP contribution >= 0.6 is 11.6 Å². The Balaban J connectivity index is 1.87. The number of benzene rings is 2. The minimum atomic E-state index is -0.284. The first-order valence-electron chi connectivity index (χ1n) is 7.94. The highest BCUT2D eigenvalue weighted by molar-refractivity contribution is 6.30. The fraction of sp³-hybridized carbons (Fsp3) is 0.211. The van der Waals surface area contributed by atoms with Gasteiger partial charge in [-0.3, -0.25) is 0 Å². The molecular weight excluding hydrogens is 324 g/mol. The highest BCUT2D eigenvalue weighted by atomic mass is 35.5. The average Bonchev–Trinajstić information content (AvgIpc) is 2.72. The van der Waals surface area contributed by atoms with Crippen LogP contribution in [0.1, 0.15) is 24.9 Å². The number of rotatable bonds is 1. The number of esters is 1. The summed E-state index contributed by atoms with van der Waals surface area (Å²) in [5.74, 6) is -0.281. The van der Waals surface area contributed by atoms with Crippen molar-refractivity contribution in [1.82, 2.24) is 0 Å². The zero-order valence-corrected chi connectivity index (χ0v) is 13.9. The molecule has 2 heterocycles. The second-order valence-corrected chi connectivity index (χ2v) is 6.55. The number of carbonyl (C=O) groups excluding carboxylic acids is 1. The van der Waals surface area contributed by atoms with Gasteiger partial charge in [-0.1, -0.05) is 35.9 Å². The molecular formula is C19H17ClN2O2. The third-order valence-electron chi connectivity index (χ3n) is 4.35. The van der Waals surface area contributed by atoms with Crippen LogP contribution < -0.4 is 10.6 Å². The smallest absolute Gasteiger partial charge is 0.338 e. The minimum absolute atomic E-state index is 0.139. The lowest BCUT2D eigenvalue weighted by atomic mass is 9.93. The second kappa shape index (κ2) is 5.87. The van der Waals surface area contributed by atoms with Crippen LogP contribution in [0.25, 0.3) is 0 Å². The van der Waals surface area contributed by atoms with Crippen molar-refractivity contribution < 1.29 is 9.53 Å². The van der Waals surface area contributed by atoms with Crippen molar-refractivity contribution in [2.45, 2.75) is 25.5 Å². The summed E-state index contributed by atoms with van der Waals surface area (Å²) in [6, 6.07) is 15.2. The number of anilines is 2. The molecule has 0 saturated heterocycles. The van der Waals surface area contributed by atoms with E-state index in [-0.39, 0.29) is 18.1 Å². The summed E-state index contributed by atoms with van der Waals surface area (Å²) in [5, 5.41) is 7.57. The maximum absolute atomic E-state index is 12.6. The molecule has 0 unspecified atom stereocenters. The van der Waals surface area contributed by atoms with Crippen molar-refractivity contribution in [3.8, 4) is 0 Å². The summed E-state index contributed by atoms with van der Waals surface area (Å²) in [4.78, 5) is 12.6. The van der Waals surface area contributed by atoms with Gasteiger partial charge in [0.15, 0.2) is 0 Å². The first-order valence-corrected chi connectivity index (χ1v) is 8.31. The van der Waals surface area contributed by atoms with E-state index in [1.807, 2.05) is 55.5 Å². The third-order valence-corrected chi connectivity index (χ3v) is 4.60. The van der Waals surface area contributed by atoms with E-state index in [0.717, 1.165) is 22.6 Å². The molecule has 0 aromatic heterocycles. The van der Waals surface area contributed by atoms with Crippen LogP contribution in [0.5, 0.6) is 0 Å². The van der Waals surface area contributed by atoms with Crippen LogP contribution in [0.15, 0.2) is 59.8 Å². The molecule has 2 aromatic rings. The number of fused-ring (bicyclic) bond motifs is 1. The Morgan fingerprint density at radius 2 is 1.79 bits per heavy atom. The summed E-state index contributed by atoms with van der Waals surface area (Å²) < 4.78 is 5.48. The van der Waals surface area contributed by atoms with E-state index in [9.17, 15) is 4.79 Å². The van der Waals surface area contributed by atoms with Crippen molar-refractivity contribution in [3.63, 3.8) is 0 Å². The molecule has 2 aliphatic rings. The Morgan fingerprint density at radius 1 is 1.08 bits per heavy atom. The summed E-state index contributed by atoms with van der Waals surface area (Å²) in [7, 11) is 0. The van der Waals surface area contributed by atoms with Gasteiger partial charge in [0.25, 0.3) is 0 Å². The van der Waals surface area contributed by atoms with Crippen LogP contribution in [-0.4, -0.2) is 12.1 Å². The minimum Gasteiger partial charge on any atom is -0.459 e. The van der Waals surface area contributed by atoms with E-state index >= 15 is 0 Å². The van der Waals surface area contributed by atoms with E-state index in [2.05, 4.69) is 10.6 Å². The Bertz CT molecular complexity index is 830. The molecule has 0 fully saturated rings. The molecule has 0 aliphatic carbocycles. The molecule has 0 saturated carbocycles. The standard InChI is InChI=1S/C19H17ClN2O2/c1-11-10-16-17(19(23)24-11)18(12-6-8-13(20)9-7-12)22-15-5-3-2-4-14(15)21-16/h2-9,11,18,21-22H,10H2,1H3/t11-,18+/m0/s1. The van der Waals surface area contributed by atoms with Gasteiger partial charge in [0.2, 0.25) is 0 Å². The van der Waals surface area contributed by atoms with Gasteiger partial charge in [-0.25, -0.2) is 4.79 Å². The van der Waals surface area contributed by atoms with Crippen LogP contribution in [0.3, 0.4) is 0 Å². The maximum atomic E-state index is 12.6. The SMILES string of the molecule is C[C@H]1CC2=C(C(=O)O1)[C@@H](c1ccc(Cl)cc1)Nc1ccccc1N2. The van der Waals surface area contributed by atoms with Gasteiger partial charge in [-0.05, 0) is 36.8 Å². The number of carbonyl (C=O) groups is 1. The Kier molecular flexibility index (Phi) is 3.69. The first-order chi connectivity index (χ1) is 11.6. The van der Waals surface area contributed by atoms with Crippen molar-refractivity contribution in [2.24, 2.45) is 0 Å². The molecule has 5 heteroatoms. The number of hydrogen-bond donors (Lipinski definition) is 2. The average molecular weight is 341 g/mol. The third kappa shape index (κ3) is 2.63. The second-order valence-electron chi connectivity index (χ2n) is 6.11. The monoisotopic (exact) mass is 340 g/mol. The van der Waals surface area contributed by atoms with Gasteiger partial charge in [0.1, 0.15) is 6.10 Å². The number of hydrogen-bond acceptors (Lipinski definition) is 4. The number of ether oxygens (including phenoxy) is 1. The van der Waals surface area contributed by atoms with Crippen LogP contribution in [0, 0.1) is 0 Å². The molecule has 2 aliphatic heterocycles. The Morgan fingerprint density at radius 3 is 2.54 bits per heavy atom. The first kappa shape index (κ1) is 15.1. The fourth-order valence-corrected chi connectivity index (χ4v) is 3.36. The molecule has 0 amide bonds. The molecule has 0 bridgehead atoms. The van der Waals surface area contributed by atoms with Gasteiger partial charge >= 0.3 is 5.97 Å². The topological polar surface area (TPSA) is 50.4 Å². The van der Waals surface area contributed by atoms with Crippen LogP contribution in [0.2, 0.25) is 5.02 Å². The van der Waals surface area contributed by atoms with Crippen molar-refractivity contribution in [1.29, 1.82) is 0 Å². The summed E-state index contributed by atoms with van der Waals surface area (Å²) in [5.41, 5.74) is 4.43. The molecule has 24 heavy (non-hydrogen) atoms. The van der Waals surface area contributed by atoms with Crippen LogP contribution in [-0.2, 0) is 9.53 Å². The quantitative estimate of drug-likeness (QED) is 0.750. The molecule has 4 nitrogen and oxygen atoms in total. The fourth-order valence-electron chi connectivity index (χ4n) is 3.23. The van der Waals surface area contributed by atoms with Gasteiger partial charge in [-0.15, -0.1) is 0 Å². The number of para-hydroxylation sites is 2. The number of nitrogens with one attached hydrogen (secondary N) is 2. The lowest BCUT2D eigenvalue weighted by molar-refractivity contribution is -0.145. The molecule has 2 aromatic carbocycles. The molecule has 2 atom stereocenters. The van der Waals surface area contributed by atoms with E-state index in [4.69, 9.17) is 16.3 Å². The van der Waals surface area contributed by atoms with E-state index in [0.29, 0.717) is 17.0 Å². The summed E-state index contributed by atoms with van der Waals surface area (Å²) >= 11 is 6.01. The summed E-state index contributed by atoms with van der Waals surface area (Å²) in [6.45, 7) is 1.91. The van der Waals surface area contributed by atoms with Gasteiger partial charge in [-0.2, -0.15) is 0 Å². The summed E-state index contributed by atoms with van der Waals surface area (Å²) in [6.07, 6.45) is 0.529. The zero-order valence-electron chi connectivity index (χ0n) is 13.2. The lowest BCUT2D eigenvalue weighted by Crippen LogP contribution is -2.30. The Hall–Kier alpha value is -2.46. The number of halogens is 1. The predicted molar refractivity (Wildman–Crippen MR) is 95.1 cm³/mol. The van der Waals surface area contributed by atoms with Crippen molar-refractivity contribution in [3.05, 3.63) is 70.4 Å². The van der Waals surface area contributed by atoms with Crippen molar-refractivity contribution >= 4 is 28.9 Å². The van der Waals surface area contributed by atoms with Gasteiger partial charge < -0.3 is 15.4 Å². The van der Waals surface area contributed by atoms with Crippen molar-refractivity contribution in [2.75, 3.05) is 10.6 Å². The zero-order chi connectivity index (χ0) is 16.7. The largest absolute Gasteiger partial charge is 0.459 e. The molecule has 2 N–H and O–H groups in total. The molecule has 4 rings (SSSR count). The van der Waals surface area contributed by atoms with E-state index in [1.54, 1.807) is 0 Å². The molecule has 0 radical (unpaired) electrons. The Labute approximate surface area is 145 Å². The van der Waals surface area contributed by atoms with E-state index < -0.39 is 0 Å². The lowest BCUT2D eigenvalue weighted by Gasteiger charge is -2.28. The van der Waals surface area contributed by atoms with Gasteiger partial charge in [0.05, 0.1) is 23.0 Å². The highest BCUT2D eigenvalue weighted by Gasteiger charge is 2.35. The molecule has 0 spiro atoms. The highest BCUT2D eigenvalue weighted by Crippen LogP contribution is 2.40. The van der Waals surface area contributed by atoms with Crippen LogP contribution in [0.4, 0.5) is 11.4 Å². The predicted octanol–water partition coefficient (Wildman–Crippen LogP) is 4.51. The molecule has 122 valence electrons. The van der Waals surface area contributed by atoms with E-state index in [1.165, 1.54) is 0 Å². The normalized spacial score (nSPS) is 22.5. The number of cyclic esters (lactones) is 1.